The standard InChI is InChI=1S/C22H23FN4O2/c1-13(28)14-5-7-15(8-6-14)16-10-18-20(26-19-4-3-9-22(19,2)23)17(21(24)29)11-25-27(18)12-16/h5-8,10-12,19,26H,3-4,9H2,1-2H3,(H2,24,29)/t19-,22+/m1/s1. The average Bonchev–Trinajstić information content (AvgIpc) is 3.25. The van der Waals surface area contributed by atoms with Crippen LogP contribution in [0.15, 0.2) is 42.7 Å². The van der Waals surface area contributed by atoms with Gasteiger partial charge in [-0.05, 0) is 44.7 Å². The van der Waals surface area contributed by atoms with E-state index in [2.05, 4.69) is 10.4 Å². The molecule has 3 N–H and O–H groups in total. The van der Waals surface area contributed by atoms with E-state index in [0.717, 1.165) is 17.5 Å². The molecule has 2 atom stereocenters. The number of hydrogen-bond acceptors (Lipinski definition) is 4. The minimum Gasteiger partial charge on any atom is -0.377 e. The number of rotatable bonds is 5. The number of fused-ring (bicyclic) bond motifs is 1. The molecule has 1 aromatic carbocycles. The van der Waals surface area contributed by atoms with E-state index >= 15 is 0 Å². The fourth-order valence-corrected chi connectivity index (χ4v) is 3.97. The average molecular weight is 394 g/mol. The summed E-state index contributed by atoms with van der Waals surface area (Å²) in [5.74, 6) is -0.613. The van der Waals surface area contributed by atoms with Crippen LogP contribution in [0.5, 0.6) is 0 Å². The van der Waals surface area contributed by atoms with Crippen molar-refractivity contribution in [3.63, 3.8) is 0 Å². The molecule has 3 aromatic rings. The summed E-state index contributed by atoms with van der Waals surface area (Å²) in [6, 6.07) is 8.75. The van der Waals surface area contributed by atoms with Gasteiger partial charge in [-0.25, -0.2) is 8.91 Å². The predicted octanol–water partition coefficient (Wildman–Crippen LogP) is 4.00. The maximum Gasteiger partial charge on any atom is 0.252 e. The maximum absolute atomic E-state index is 14.8. The zero-order chi connectivity index (χ0) is 20.8. The largest absolute Gasteiger partial charge is 0.377 e. The van der Waals surface area contributed by atoms with Gasteiger partial charge in [0.2, 0.25) is 0 Å². The van der Waals surface area contributed by atoms with Crippen LogP contribution in [0.3, 0.4) is 0 Å². The molecule has 1 aliphatic carbocycles. The summed E-state index contributed by atoms with van der Waals surface area (Å²) in [5.41, 5.74) is 7.99. The third-order valence-corrected chi connectivity index (χ3v) is 5.73. The molecule has 0 spiro atoms. The molecule has 1 amide bonds. The third-order valence-electron chi connectivity index (χ3n) is 5.73. The Bertz CT molecular complexity index is 1100. The lowest BCUT2D eigenvalue weighted by Crippen LogP contribution is -2.36. The number of hydrogen-bond donors (Lipinski definition) is 2. The monoisotopic (exact) mass is 394 g/mol. The number of halogens is 1. The SMILES string of the molecule is CC(=O)c1ccc(-c2cc3c(N[C@@H]4CCC[C@]4(C)F)c(C(N)=O)cnn3c2)cc1. The molecule has 29 heavy (non-hydrogen) atoms. The zero-order valence-corrected chi connectivity index (χ0v) is 16.4. The van der Waals surface area contributed by atoms with Gasteiger partial charge < -0.3 is 11.1 Å². The van der Waals surface area contributed by atoms with Crippen molar-refractivity contribution in [2.24, 2.45) is 5.73 Å². The molecule has 0 saturated heterocycles. The van der Waals surface area contributed by atoms with E-state index in [4.69, 9.17) is 5.73 Å². The van der Waals surface area contributed by atoms with E-state index in [1.54, 1.807) is 23.6 Å². The van der Waals surface area contributed by atoms with Crippen molar-refractivity contribution in [2.45, 2.75) is 44.8 Å². The summed E-state index contributed by atoms with van der Waals surface area (Å²) in [5, 5.41) is 7.53. The molecule has 6 nitrogen and oxygen atoms in total. The highest BCUT2D eigenvalue weighted by molar-refractivity contribution is 6.02. The van der Waals surface area contributed by atoms with Crippen LogP contribution >= 0.6 is 0 Å². The van der Waals surface area contributed by atoms with Gasteiger partial charge in [0.1, 0.15) is 5.67 Å². The van der Waals surface area contributed by atoms with Gasteiger partial charge in [0, 0.05) is 17.3 Å². The normalized spacial score (nSPS) is 21.4. The zero-order valence-electron chi connectivity index (χ0n) is 16.4. The van der Waals surface area contributed by atoms with E-state index in [0.29, 0.717) is 29.6 Å². The molecule has 150 valence electrons. The van der Waals surface area contributed by atoms with Crippen LogP contribution in [0.4, 0.5) is 10.1 Å². The van der Waals surface area contributed by atoms with Crippen molar-refractivity contribution in [2.75, 3.05) is 5.32 Å². The highest BCUT2D eigenvalue weighted by atomic mass is 19.1. The van der Waals surface area contributed by atoms with E-state index in [1.165, 1.54) is 13.1 Å². The molecule has 1 saturated carbocycles. The highest BCUT2D eigenvalue weighted by Gasteiger charge is 2.39. The predicted molar refractivity (Wildman–Crippen MR) is 110 cm³/mol. The summed E-state index contributed by atoms with van der Waals surface area (Å²) >= 11 is 0. The number of carbonyl (C=O) groups excluding carboxylic acids is 2. The van der Waals surface area contributed by atoms with Crippen molar-refractivity contribution in [1.82, 2.24) is 9.61 Å². The molecule has 2 heterocycles. The van der Waals surface area contributed by atoms with Gasteiger partial charge in [-0.3, -0.25) is 9.59 Å². The first-order valence-corrected chi connectivity index (χ1v) is 9.64. The fraction of sp³-hybridized carbons (Fsp3) is 0.318. The smallest absolute Gasteiger partial charge is 0.252 e. The van der Waals surface area contributed by atoms with Crippen molar-refractivity contribution in [3.05, 3.63) is 53.9 Å². The quantitative estimate of drug-likeness (QED) is 0.640. The molecule has 1 aliphatic rings. The van der Waals surface area contributed by atoms with Crippen LogP contribution in [0.25, 0.3) is 16.6 Å². The second kappa shape index (κ2) is 6.99. The Kier molecular flexibility index (Phi) is 4.61. The number of alkyl halides is 1. The number of amides is 1. The van der Waals surface area contributed by atoms with Gasteiger partial charge in [0.25, 0.3) is 5.91 Å². The minimum atomic E-state index is -1.35. The Morgan fingerprint density at radius 3 is 2.59 bits per heavy atom. The van der Waals surface area contributed by atoms with Gasteiger partial charge >= 0.3 is 0 Å². The minimum absolute atomic E-state index is 0.00341. The number of anilines is 1. The Morgan fingerprint density at radius 2 is 2.00 bits per heavy atom. The molecular weight excluding hydrogens is 371 g/mol. The summed E-state index contributed by atoms with van der Waals surface area (Å²) < 4.78 is 16.5. The number of nitrogens with one attached hydrogen (secondary N) is 1. The van der Waals surface area contributed by atoms with Gasteiger partial charge in [-0.2, -0.15) is 5.10 Å². The second-order valence-corrected chi connectivity index (χ2v) is 7.86. The lowest BCUT2D eigenvalue weighted by atomic mass is 10.0. The van der Waals surface area contributed by atoms with Crippen LogP contribution in [-0.2, 0) is 0 Å². The summed E-state index contributed by atoms with van der Waals surface area (Å²) in [4.78, 5) is 23.5. The van der Waals surface area contributed by atoms with Crippen molar-refractivity contribution >= 4 is 22.9 Å². The Morgan fingerprint density at radius 1 is 1.28 bits per heavy atom. The summed E-state index contributed by atoms with van der Waals surface area (Å²) in [6.45, 7) is 3.11. The molecule has 0 unspecified atom stereocenters. The molecule has 2 aromatic heterocycles. The van der Waals surface area contributed by atoms with E-state index in [-0.39, 0.29) is 11.3 Å². The molecule has 1 fully saturated rings. The number of carbonyl (C=O) groups is 2. The fourth-order valence-electron chi connectivity index (χ4n) is 3.97. The first-order valence-electron chi connectivity index (χ1n) is 9.64. The van der Waals surface area contributed by atoms with Crippen LogP contribution in [0.2, 0.25) is 0 Å². The van der Waals surface area contributed by atoms with Gasteiger partial charge in [-0.15, -0.1) is 0 Å². The van der Waals surface area contributed by atoms with Crippen molar-refractivity contribution in [3.8, 4) is 11.1 Å². The van der Waals surface area contributed by atoms with Crippen LogP contribution in [0, 0.1) is 0 Å². The second-order valence-electron chi connectivity index (χ2n) is 7.86. The summed E-state index contributed by atoms with van der Waals surface area (Å²) in [7, 11) is 0. The van der Waals surface area contributed by atoms with Gasteiger partial charge in [-0.1, -0.05) is 24.3 Å². The topological polar surface area (TPSA) is 89.5 Å². The molecule has 7 heteroatoms. The number of aromatic nitrogens is 2. The third kappa shape index (κ3) is 3.48. The lowest BCUT2D eigenvalue weighted by Gasteiger charge is -2.26. The molecule has 0 bridgehead atoms. The maximum atomic E-state index is 14.8. The van der Waals surface area contributed by atoms with Gasteiger partial charge in [0.05, 0.1) is 29.0 Å². The molecular formula is C22H23FN4O2. The number of benzene rings is 1. The number of primary amides is 1. The number of Topliss-reactive ketones (excluding diaryl/α,β-unsaturated/α-hetero) is 1. The Balaban J connectivity index is 1.79. The first-order chi connectivity index (χ1) is 13.8. The number of nitrogens with two attached hydrogens (primary N) is 1. The van der Waals surface area contributed by atoms with Crippen LogP contribution in [-0.4, -0.2) is 33.0 Å². The summed E-state index contributed by atoms with van der Waals surface area (Å²) in [6.07, 6.45) is 5.18. The molecule has 0 aliphatic heterocycles. The van der Waals surface area contributed by atoms with Crippen molar-refractivity contribution < 1.29 is 14.0 Å². The Hall–Kier alpha value is -3.22. The number of nitrogens with zero attached hydrogens (tertiary/aromatic N) is 2. The van der Waals surface area contributed by atoms with Crippen LogP contribution < -0.4 is 11.1 Å². The van der Waals surface area contributed by atoms with E-state index in [1.807, 2.05) is 24.4 Å². The number of ketones is 1. The van der Waals surface area contributed by atoms with E-state index < -0.39 is 17.6 Å². The lowest BCUT2D eigenvalue weighted by molar-refractivity contribution is 0.0996. The first kappa shape index (κ1) is 19.1. The highest BCUT2D eigenvalue weighted by Crippen LogP contribution is 2.37. The Labute approximate surface area is 167 Å². The van der Waals surface area contributed by atoms with Gasteiger partial charge in [0.15, 0.2) is 5.78 Å². The molecule has 4 rings (SSSR count). The van der Waals surface area contributed by atoms with Crippen LogP contribution in [0.1, 0.15) is 53.8 Å². The van der Waals surface area contributed by atoms with Crippen molar-refractivity contribution in [1.29, 1.82) is 0 Å². The van der Waals surface area contributed by atoms with E-state index in [9.17, 15) is 14.0 Å². The molecule has 0 radical (unpaired) electrons.